The summed E-state index contributed by atoms with van der Waals surface area (Å²) in [5.74, 6) is 0. The minimum absolute atomic E-state index is 0. The Bertz CT molecular complexity index is 786. The number of aryl methyl sites for hydroxylation is 1. The standard InChI is InChI=1S/C21H23.C2H5O.CH3.2ClH.Hf/c1-5-15-13-17-7-6-8-19(20(17)14-15)16-9-11-18(12-10-16)21(2,3)4;1-2-3;;;;/h6-14H,5H2,1-4H3;2-3H,1H3;1H3;2*1H;/q3*-1;;;/p-2. The van der Waals surface area contributed by atoms with Crippen molar-refractivity contribution in [1.82, 2.24) is 0 Å². The van der Waals surface area contributed by atoms with Crippen molar-refractivity contribution in [2.45, 2.75) is 46.5 Å². The van der Waals surface area contributed by atoms with Gasteiger partial charge in [-0.3, -0.25) is 0 Å². The van der Waals surface area contributed by atoms with Gasteiger partial charge >= 0.3 is 0 Å². The largest absolute Gasteiger partial charge is 1.00 e. The molecule has 156 valence electrons. The average Bonchev–Trinajstić information content (AvgIpc) is 2.98. The Hall–Kier alpha value is -0.540. The molecule has 0 fully saturated rings. The molecular formula is C24H31Cl2HfO-5. The molecule has 0 atom stereocenters. The first-order chi connectivity index (χ1) is 11.4. The van der Waals surface area contributed by atoms with E-state index in [1.165, 1.54) is 33.0 Å². The molecular weight excluding hydrogens is 554 g/mol. The van der Waals surface area contributed by atoms with E-state index in [1.807, 2.05) is 0 Å². The number of benzene rings is 2. The van der Waals surface area contributed by atoms with Gasteiger partial charge in [0.1, 0.15) is 0 Å². The zero-order valence-electron chi connectivity index (χ0n) is 17.7. The van der Waals surface area contributed by atoms with E-state index in [2.05, 4.69) is 82.3 Å². The summed E-state index contributed by atoms with van der Waals surface area (Å²) in [7, 11) is 0. The molecule has 1 N–H and O–H groups in total. The molecule has 0 bridgehead atoms. The van der Waals surface area contributed by atoms with Crippen LogP contribution in [-0.2, 0) is 37.7 Å². The van der Waals surface area contributed by atoms with Gasteiger partial charge in [0.25, 0.3) is 0 Å². The minimum Gasteiger partial charge on any atom is -1.00 e. The molecule has 0 spiro atoms. The quantitative estimate of drug-likeness (QED) is 0.353. The summed E-state index contributed by atoms with van der Waals surface area (Å²) in [5.41, 5.74) is 5.66. The predicted octanol–water partition coefficient (Wildman–Crippen LogP) is 1.08. The number of hydrogen-bond donors (Lipinski definition) is 1. The molecule has 0 aromatic heterocycles. The van der Waals surface area contributed by atoms with Crippen molar-refractivity contribution in [1.29, 1.82) is 0 Å². The third-order valence-corrected chi connectivity index (χ3v) is 4.28. The molecule has 3 rings (SSSR count). The summed E-state index contributed by atoms with van der Waals surface area (Å²) in [6, 6.07) is 20.3. The summed E-state index contributed by atoms with van der Waals surface area (Å²) in [5, 5.41) is 10.2. The van der Waals surface area contributed by atoms with Gasteiger partial charge in [-0.25, -0.2) is 6.61 Å². The summed E-state index contributed by atoms with van der Waals surface area (Å²) in [6.45, 7) is 11.5. The van der Waals surface area contributed by atoms with E-state index in [9.17, 15) is 0 Å². The first kappa shape index (κ1) is 32.1. The molecule has 0 aliphatic carbocycles. The van der Waals surface area contributed by atoms with Crippen LogP contribution in [-0.4, -0.2) is 5.11 Å². The molecule has 3 aromatic carbocycles. The number of hydrogen-bond acceptors (Lipinski definition) is 1. The fourth-order valence-corrected chi connectivity index (χ4v) is 2.90. The summed E-state index contributed by atoms with van der Waals surface area (Å²) < 4.78 is 0. The fraction of sp³-hybridized carbons (Fsp3) is 0.292. The van der Waals surface area contributed by atoms with Crippen LogP contribution >= 0.6 is 0 Å². The maximum absolute atomic E-state index is 7.44. The normalized spacial score (nSPS) is 9.64. The maximum Gasteiger partial charge on any atom is 0 e. The van der Waals surface area contributed by atoms with Crippen LogP contribution in [0.4, 0.5) is 0 Å². The number of aliphatic hydroxyl groups excluding tert-OH is 1. The molecule has 0 radical (unpaired) electrons. The van der Waals surface area contributed by atoms with Crippen molar-refractivity contribution in [2.24, 2.45) is 0 Å². The Morgan fingerprint density at radius 1 is 1.00 bits per heavy atom. The van der Waals surface area contributed by atoms with E-state index in [4.69, 9.17) is 5.11 Å². The van der Waals surface area contributed by atoms with Gasteiger partial charge < -0.3 is 37.3 Å². The van der Waals surface area contributed by atoms with Crippen LogP contribution < -0.4 is 24.8 Å². The molecule has 1 nitrogen and oxygen atoms in total. The van der Waals surface area contributed by atoms with E-state index in [0.29, 0.717) is 0 Å². The second-order valence-electron chi connectivity index (χ2n) is 7.11. The first-order valence-corrected chi connectivity index (χ1v) is 8.62. The van der Waals surface area contributed by atoms with Gasteiger partial charge in [0.05, 0.1) is 0 Å². The van der Waals surface area contributed by atoms with Crippen molar-refractivity contribution in [3.63, 3.8) is 0 Å². The molecule has 0 saturated carbocycles. The third-order valence-electron chi connectivity index (χ3n) is 4.28. The van der Waals surface area contributed by atoms with Crippen LogP contribution in [0.2, 0.25) is 0 Å². The first-order valence-electron chi connectivity index (χ1n) is 8.62. The van der Waals surface area contributed by atoms with Crippen LogP contribution in [0.25, 0.3) is 21.9 Å². The van der Waals surface area contributed by atoms with Gasteiger partial charge in [-0.1, -0.05) is 63.6 Å². The van der Waals surface area contributed by atoms with E-state index >= 15 is 0 Å². The predicted molar refractivity (Wildman–Crippen MR) is 111 cm³/mol. The van der Waals surface area contributed by atoms with Crippen molar-refractivity contribution < 1.29 is 55.8 Å². The van der Waals surface area contributed by atoms with Crippen molar-refractivity contribution in [3.05, 3.63) is 79.8 Å². The molecule has 0 amide bonds. The molecule has 0 aliphatic rings. The molecule has 3 aromatic rings. The second-order valence-corrected chi connectivity index (χ2v) is 7.11. The minimum atomic E-state index is 0. The summed E-state index contributed by atoms with van der Waals surface area (Å²) in [6.07, 6.45) is 1.09. The Labute approximate surface area is 202 Å². The molecule has 0 saturated heterocycles. The fourth-order valence-electron chi connectivity index (χ4n) is 2.90. The van der Waals surface area contributed by atoms with Crippen LogP contribution in [0.15, 0.2) is 54.6 Å². The molecule has 0 heterocycles. The van der Waals surface area contributed by atoms with Gasteiger partial charge in [-0.2, -0.15) is 13.0 Å². The Kier molecular flexibility index (Phi) is 16.6. The molecule has 0 aliphatic heterocycles. The molecule has 4 heteroatoms. The average molecular weight is 585 g/mol. The van der Waals surface area contributed by atoms with E-state index in [-0.39, 0.29) is 63.5 Å². The molecule has 28 heavy (non-hydrogen) atoms. The van der Waals surface area contributed by atoms with Crippen molar-refractivity contribution in [3.8, 4) is 11.1 Å². The number of halogens is 2. The van der Waals surface area contributed by atoms with Crippen LogP contribution in [0.5, 0.6) is 0 Å². The van der Waals surface area contributed by atoms with Crippen molar-refractivity contribution in [2.75, 3.05) is 0 Å². The SMILES string of the molecule is CCc1cc2c(-c3ccc(C(C)(C)C)cc3)cccc2[cH-]1.C[CH-]O.[CH3-].[Cl-].[Cl-].[Hf]. The summed E-state index contributed by atoms with van der Waals surface area (Å²) >= 11 is 0. The molecule has 0 unspecified atom stereocenters. The van der Waals surface area contributed by atoms with E-state index < -0.39 is 0 Å². The van der Waals surface area contributed by atoms with E-state index in [0.717, 1.165) is 13.0 Å². The van der Waals surface area contributed by atoms with Gasteiger partial charge in [0.2, 0.25) is 0 Å². The Morgan fingerprint density at radius 3 is 2.00 bits per heavy atom. The van der Waals surface area contributed by atoms with Crippen LogP contribution in [0, 0.1) is 14.0 Å². The number of aliphatic hydroxyl groups is 1. The van der Waals surface area contributed by atoms with Gasteiger partial charge in [0.15, 0.2) is 0 Å². The smallest absolute Gasteiger partial charge is 0 e. The van der Waals surface area contributed by atoms with Crippen molar-refractivity contribution >= 4 is 10.8 Å². The number of rotatable bonds is 2. The Morgan fingerprint density at radius 2 is 1.54 bits per heavy atom. The zero-order valence-corrected chi connectivity index (χ0v) is 22.8. The number of fused-ring (bicyclic) bond motifs is 1. The third kappa shape index (κ3) is 8.06. The second kappa shape index (κ2) is 14.4. The monoisotopic (exact) mass is 585 g/mol. The van der Waals surface area contributed by atoms with Gasteiger partial charge in [0, 0.05) is 25.8 Å². The maximum atomic E-state index is 7.44. The van der Waals surface area contributed by atoms with Crippen LogP contribution in [0.3, 0.4) is 0 Å². The topological polar surface area (TPSA) is 20.2 Å². The van der Waals surface area contributed by atoms with Gasteiger partial charge in [-0.05, 0) is 23.0 Å². The summed E-state index contributed by atoms with van der Waals surface area (Å²) in [4.78, 5) is 0. The van der Waals surface area contributed by atoms with Crippen LogP contribution in [0.1, 0.15) is 45.7 Å². The van der Waals surface area contributed by atoms with E-state index in [1.54, 1.807) is 6.92 Å². The Balaban J connectivity index is -0.000000841. The zero-order chi connectivity index (χ0) is 17.7. The van der Waals surface area contributed by atoms with Gasteiger partial charge in [-0.15, -0.1) is 34.5 Å².